The van der Waals surface area contributed by atoms with Crippen molar-refractivity contribution in [1.29, 1.82) is 0 Å². The Kier molecular flexibility index (Phi) is 4.33. The normalized spacial score (nSPS) is 12.2. The standard InChI is InChI=1S/C10H17NO4/c1-7(6-8(12)13)11(5)9(14)15-10(2,3)4/h6H,1-5H3,(H,12,13). The van der Waals surface area contributed by atoms with Crippen LogP contribution in [0.15, 0.2) is 11.8 Å². The van der Waals surface area contributed by atoms with E-state index in [0.717, 1.165) is 11.0 Å². The number of hydrogen-bond acceptors (Lipinski definition) is 3. The molecule has 0 bridgehead atoms. The van der Waals surface area contributed by atoms with Gasteiger partial charge < -0.3 is 9.84 Å². The van der Waals surface area contributed by atoms with E-state index in [0.29, 0.717) is 5.70 Å². The zero-order chi connectivity index (χ0) is 12.2. The van der Waals surface area contributed by atoms with Crippen molar-refractivity contribution in [2.24, 2.45) is 0 Å². The molecule has 0 spiro atoms. The molecule has 86 valence electrons. The van der Waals surface area contributed by atoms with Gasteiger partial charge in [0.2, 0.25) is 0 Å². The summed E-state index contributed by atoms with van der Waals surface area (Å²) < 4.78 is 5.06. The third-order valence-electron chi connectivity index (χ3n) is 1.53. The lowest BCUT2D eigenvalue weighted by Crippen LogP contribution is -2.33. The molecule has 0 aliphatic carbocycles. The summed E-state index contributed by atoms with van der Waals surface area (Å²) in [5.74, 6) is -1.09. The number of allylic oxidation sites excluding steroid dienone is 1. The van der Waals surface area contributed by atoms with E-state index in [1.54, 1.807) is 20.8 Å². The van der Waals surface area contributed by atoms with Crippen molar-refractivity contribution in [1.82, 2.24) is 4.90 Å². The molecule has 5 heteroatoms. The number of aliphatic carboxylic acids is 1. The molecular formula is C10H17NO4. The third kappa shape index (κ3) is 5.72. The highest BCUT2D eigenvalue weighted by molar-refractivity contribution is 5.82. The first kappa shape index (κ1) is 13.5. The minimum absolute atomic E-state index is 0.316. The Hall–Kier alpha value is -1.52. The van der Waals surface area contributed by atoms with Gasteiger partial charge >= 0.3 is 12.1 Å². The zero-order valence-electron chi connectivity index (χ0n) is 9.70. The monoisotopic (exact) mass is 215 g/mol. The van der Waals surface area contributed by atoms with E-state index in [4.69, 9.17) is 9.84 Å². The molecule has 0 radical (unpaired) electrons. The SMILES string of the molecule is CC(=CC(=O)O)N(C)C(=O)OC(C)(C)C. The second kappa shape index (κ2) is 4.82. The molecule has 0 aromatic carbocycles. The van der Waals surface area contributed by atoms with Crippen LogP contribution in [0.1, 0.15) is 27.7 Å². The summed E-state index contributed by atoms with van der Waals surface area (Å²) in [5.41, 5.74) is -0.272. The maximum absolute atomic E-state index is 11.5. The molecule has 0 fully saturated rings. The van der Waals surface area contributed by atoms with Crippen LogP contribution >= 0.6 is 0 Å². The average molecular weight is 215 g/mol. The highest BCUT2D eigenvalue weighted by Crippen LogP contribution is 2.11. The molecule has 0 aliphatic rings. The number of hydrogen-bond donors (Lipinski definition) is 1. The molecule has 0 unspecified atom stereocenters. The van der Waals surface area contributed by atoms with Crippen LogP contribution in [0.4, 0.5) is 4.79 Å². The van der Waals surface area contributed by atoms with Gasteiger partial charge in [-0.2, -0.15) is 0 Å². The van der Waals surface area contributed by atoms with E-state index >= 15 is 0 Å². The summed E-state index contributed by atoms with van der Waals surface area (Å²) >= 11 is 0. The molecule has 5 nitrogen and oxygen atoms in total. The first-order valence-corrected chi connectivity index (χ1v) is 4.51. The number of carboxylic acids is 1. The molecule has 1 amide bonds. The summed E-state index contributed by atoms with van der Waals surface area (Å²) in [4.78, 5) is 23.0. The fraction of sp³-hybridized carbons (Fsp3) is 0.600. The predicted molar refractivity (Wildman–Crippen MR) is 55.4 cm³/mol. The van der Waals surface area contributed by atoms with Crippen LogP contribution in [0.5, 0.6) is 0 Å². The molecule has 0 saturated carbocycles. The number of rotatable bonds is 2. The smallest absolute Gasteiger partial charge is 0.414 e. The highest BCUT2D eigenvalue weighted by Gasteiger charge is 2.20. The Morgan fingerprint density at radius 2 is 1.80 bits per heavy atom. The Morgan fingerprint density at radius 3 is 2.13 bits per heavy atom. The van der Waals surface area contributed by atoms with E-state index in [2.05, 4.69) is 0 Å². The van der Waals surface area contributed by atoms with Crippen LogP contribution in [0.3, 0.4) is 0 Å². The second-order valence-corrected chi connectivity index (χ2v) is 4.16. The Balaban J connectivity index is 4.52. The highest BCUT2D eigenvalue weighted by atomic mass is 16.6. The molecule has 0 aromatic rings. The molecule has 0 aliphatic heterocycles. The third-order valence-corrected chi connectivity index (χ3v) is 1.53. The lowest BCUT2D eigenvalue weighted by atomic mass is 10.2. The summed E-state index contributed by atoms with van der Waals surface area (Å²) in [6.07, 6.45) is 0.377. The van der Waals surface area contributed by atoms with Crippen LogP contribution in [-0.4, -0.2) is 34.7 Å². The molecule has 0 aromatic heterocycles. The van der Waals surface area contributed by atoms with Crippen molar-refractivity contribution < 1.29 is 19.4 Å². The van der Waals surface area contributed by atoms with Crippen LogP contribution in [0.25, 0.3) is 0 Å². The van der Waals surface area contributed by atoms with Crippen LogP contribution in [0.2, 0.25) is 0 Å². The minimum Gasteiger partial charge on any atom is -0.478 e. The Morgan fingerprint density at radius 1 is 1.33 bits per heavy atom. The molecule has 0 heterocycles. The molecule has 15 heavy (non-hydrogen) atoms. The predicted octanol–water partition coefficient (Wildman–Crippen LogP) is 1.84. The van der Waals surface area contributed by atoms with Crippen molar-refractivity contribution in [3.63, 3.8) is 0 Å². The van der Waals surface area contributed by atoms with Gasteiger partial charge in [0.1, 0.15) is 5.60 Å². The van der Waals surface area contributed by atoms with Gasteiger partial charge in [-0.3, -0.25) is 4.90 Å². The van der Waals surface area contributed by atoms with Gasteiger partial charge in [-0.25, -0.2) is 9.59 Å². The van der Waals surface area contributed by atoms with Crippen LogP contribution < -0.4 is 0 Å². The Bertz CT molecular complexity index is 288. The number of ether oxygens (including phenoxy) is 1. The Labute approximate surface area is 89.3 Å². The van der Waals surface area contributed by atoms with Crippen molar-refractivity contribution >= 4 is 12.1 Å². The lowest BCUT2D eigenvalue weighted by Gasteiger charge is -2.24. The van der Waals surface area contributed by atoms with Gasteiger partial charge in [-0.05, 0) is 27.7 Å². The minimum atomic E-state index is -1.09. The van der Waals surface area contributed by atoms with Gasteiger partial charge in [0, 0.05) is 18.8 Å². The number of amides is 1. The maximum atomic E-state index is 11.5. The maximum Gasteiger partial charge on any atom is 0.414 e. The summed E-state index contributed by atoms with van der Waals surface area (Å²) in [6.45, 7) is 6.76. The number of carbonyl (C=O) groups excluding carboxylic acids is 1. The van der Waals surface area contributed by atoms with Gasteiger partial charge in [-0.15, -0.1) is 0 Å². The lowest BCUT2D eigenvalue weighted by molar-refractivity contribution is -0.131. The van der Waals surface area contributed by atoms with Crippen molar-refractivity contribution in [2.45, 2.75) is 33.3 Å². The summed E-state index contributed by atoms with van der Waals surface area (Å²) in [5, 5.41) is 8.49. The van der Waals surface area contributed by atoms with E-state index in [1.807, 2.05) is 0 Å². The van der Waals surface area contributed by atoms with Crippen molar-refractivity contribution in [2.75, 3.05) is 7.05 Å². The number of carbonyl (C=O) groups is 2. The molecular weight excluding hydrogens is 198 g/mol. The van der Waals surface area contributed by atoms with E-state index in [1.165, 1.54) is 14.0 Å². The number of nitrogens with zero attached hydrogens (tertiary/aromatic N) is 1. The molecule has 0 rings (SSSR count). The van der Waals surface area contributed by atoms with Crippen LogP contribution in [-0.2, 0) is 9.53 Å². The van der Waals surface area contributed by atoms with Gasteiger partial charge in [0.25, 0.3) is 0 Å². The van der Waals surface area contributed by atoms with Gasteiger partial charge in [0.05, 0.1) is 0 Å². The molecule has 1 N–H and O–H groups in total. The van der Waals surface area contributed by atoms with E-state index in [-0.39, 0.29) is 0 Å². The first-order chi connectivity index (χ1) is 6.63. The van der Waals surface area contributed by atoms with Gasteiger partial charge in [0.15, 0.2) is 0 Å². The average Bonchev–Trinajstić information content (AvgIpc) is 1.98. The fourth-order valence-electron chi connectivity index (χ4n) is 0.750. The topological polar surface area (TPSA) is 66.8 Å². The van der Waals surface area contributed by atoms with Gasteiger partial charge in [-0.1, -0.05) is 0 Å². The fourth-order valence-corrected chi connectivity index (χ4v) is 0.750. The quantitative estimate of drug-likeness (QED) is 0.714. The largest absolute Gasteiger partial charge is 0.478 e. The summed E-state index contributed by atoms with van der Waals surface area (Å²) in [6, 6.07) is 0. The molecule has 0 atom stereocenters. The van der Waals surface area contributed by atoms with Crippen LogP contribution in [0, 0.1) is 0 Å². The van der Waals surface area contributed by atoms with E-state index in [9.17, 15) is 9.59 Å². The van der Waals surface area contributed by atoms with Crippen molar-refractivity contribution in [3.8, 4) is 0 Å². The zero-order valence-corrected chi connectivity index (χ0v) is 9.70. The summed E-state index contributed by atoms with van der Waals surface area (Å²) in [7, 11) is 1.46. The second-order valence-electron chi connectivity index (χ2n) is 4.16. The number of carboxylic acid groups (broad SMARTS) is 1. The van der Waals surface area contributed by atoms with Crippen molar-refractivity contribution in [3.05, 3.63) is 11.8 Å². The first-order valence-electron chi connectivity index (χ1n) is 4.51. The van der Waals surface area contributed by atoms with E-state index < -0.39 is 17.7 Å². The molecule has 0 saturated heterocycles.